The molecule has 1 fully saturated rings. The molecule has 7 nitrogen and oxygen atoms in total. The van der Waals surface area contributed by atoms with Gasteiger partial charge in [0.1, 0.15) is 5.65 Å². The lowest BCUT2D eigenvalue weighted by molar-refractivity contribution is -0.115. The first-order chi connectivity index (χ1) is 14.2. The van der Waals surface area contributed by atoms with E-state index in [-0.39, 0.29) is 24.4 Å². The molecule has 0 unspecified atom stereocenters. The van der Waals surface area contributed by atoms with Crippen molar-refractivity contribution in [3.63, 3.8) is 0 Å². The minimum absolute atomic E-state index is 0.126. The SMILES string of the molecule is O=C(Cc1ccccc1)Nc1c[nH]c2nccc(NC(=O)NC3CCCCC3)c12. The molecule has 0 bridgehead atoms. The summed E-state index contributed by atoms with van der Waals surface area (Å²) in [4.78, 5) is 32.3. The highest BCUT2D eigenvalue weighted by atomic mass is 16.2. The van der Waals surface area contributed by atoms with Gasteiger partial charge < -0.3 is 20.9 Å². The van der Waals surface area contributed by atoms with E-state index in [1.54, 1.807) is 18.5 Å². The van der Waals surface area contributed by atoms with Gasteiger partial charge >= 0.3 is 6.03 Å². The summed E-state index contributed by atoms with van der Waals surface area (Å²) in [7, 11) is 0. The van der Waals surface area contributed by atoms with E-state index >= 15 is 0 Å². The highest BCUT2D eigenvalue weighted by molar-refractivity contribution is 6.09. The topological polar surface area (TPSA) is 98.9 Å². The number of carbonyl (C=O) groups excluding carboxylic acids is 2. The normalized spacial score (nSPS) is 14.5. The predicted molar refractivity (Wildman–Crippen MR) is 114 cm³/mol. The standard InChI is InChI=1S/C22H25N5O2/c28-19(13-15-7-3-1-4-8-15)26-18-14-24-21-20(18)17(11-12-23-21)27-22(29)25-16-9-5-2-6-10-16/h1,3-4,7-8,11-12,14,16H,2,5-6,9-10,13H2,(H,26,28)(H3,23,24,25,27,29). The zero-order valence-corrected chi connectivity index (χ0v) is 16.2. The maximum atomic E-state index is 12.5. The second-order valence-electron chi connectivity index (χ2n) is 7.43. The number of urea groups is 1. The molecule has 1 aromatic carbocycles. The Kier molecular flexibility index (Phi) is 5.74. The number of H-pyrrole nitrogens is 1. The molecule has 3 amide bonds. The Balaban J connectivity index is 1.47. The summed E-state index contributed by atoms with van der Waals surface area (Å²) in [6.45, 7) is 0. The highest BCUT2D eigenvalue weighted by Crippen LogP contribution is 2.29. The predicted octanol–water partition coefficient (Wildman–Crippen LogP) is 4.20. The van der Waals surface area contributed by atoms with Gasteiger partial charge in [0.25, 0.3) is 0 Å². The molecule has 4 N–H and O–H groups in total. The summed E-state index contributed by atoms with van der Waals surface area (Å²) in [5.74, 6) is -0.126. The summed E-state index contributed by atoms with van der Waals surface area (Å²) >= 11 is 0. The maximum absolute atomic E-state index is 12.5. The second kappa shape index (κ2) is 8.77. The van der Waals surface area contributed by atoms with Crippen LogP contribution in [0.25, 0.3) is 11.0 Å². The smallest absolute Gasteiger partial charge is 0.319 e. The van der Waals surface area contributed by atoms with Gasteiger partial charge in [0.2, 0.25) is 5.91 Å². The van der Waals surface area contributed by atoms with Crippen molar-refractivity contribution in [1.29, 1.82) is 0 Å². The maximum Gasteiger partial charge on any atom is 0.319 e. The molecular weight excluding hydrogens is 366 g/mol. The van der Waals surface area contributed by atoms with Crippen LogP contribution in [0.4, 0.5) is 16.2 Å². The van der Waals surface area contributed by atoms with E-state index in [4.69, 9.17) is 0 Å². The van der Waals surface area contributed by atoms with Crippen LogP contribution in [0.1, 0.15) is 37.7 Å². The molecule has 1 saturated carbocycles. The fraction of sp³-hybridized carbons (Fsp3) is 0.318. The van der Waals surface area contributed by atoms with Gasteiger partial charge in [-0.2, -0.15) is 0 Å². The molecule has 0 saturated heterocycles. The van der Waals surface area contributed by atoms with E-state index in [9.17, 15) is 9.59 Å². The van der Waals surface area contributed by atoms with Crippen LogP contribution in [0.3, 0.4) is 0 Å². The van der Waals surface area contributed by atoms with E-state index in [0.717, 1.165) is 31.2 Å². The van der Waals surface area contributed by atoms with Crippen molar-refractivity contribution in [3.05, 3.63) is 54.4 Å². The Morgan fingerprint density at radius 1 is 1.00 bits per heavy atom. The van der Waals surface area contributed by atoms with E-state index in [0.29, 0.717) is 22.4 Å². The third-order valence-corrected chi connectivity index (χ3v) is 5.24. The number of benzene rings is 1. The monoisotopic (exact) mass is 391 g/mol. The number of amides is 3. The summed E-state index contributed by atoms with van der Waals surface area (Å²) < 4.78 is 0. The minimum Gasteiger partial charge on any atom is -0.344 e. The molecule has 0 radical (unpaired) electrons. The zero-order chi connectivity index (χ0) is 20.1. The van der Waals surface area contributed by atoms with E-state index in [1.807, 2.05) is 30.3 Å². The van der Waals surface area contributed by atoms with Crippen molar-refractivity contribution in [3.8, 4) is 0 Å². The molecule has 4 rings (SSSR count). The van der Waals surface area contributed by atoms with Crippen LogP contribution in [-0.4, -0.2) is 27.9 Å². The van der Waals surface area contributed by atoms with Crippen LogP contribution in [0.2, 0.25) is 0 Å². The lowest BCUT2D eigenvalue weighted by Gasteiger charge is -2.23. The molecule has 0 spiro atoms. The quantitative estimate of drug-likeness (QED) is 0.524. The molecule has 3 aromatic rings. The molecule has 0 aliphatic heterocycles. The first kappa shape index (κ1) is 19.0. The van der Waals surface area contributed by atoms with Crippen molar-refractivity contribution < 1.29 is 9.59 Å². The Labute approximate surface area is 169 Å². The Morgan fingerprint density at radius 3 is 2.59 bits per heavy atom. The highest BCUT2D eigenvalue weighted by Gasteiger charge is 2.18. The van der Waals surface area contributed by atoms with Crippen LogP contribution in [0.15, 0.2) is 48.8 Å². The molecule has 150 valence electrons. The average Bonchev–Trinajstić information content (AvgIpc) is 3.13. The number of fused-ring (bicyclic) bond motifs is 1. The van der Waals surface area contributed by atoms with Gasteiger partial charge in [-0.15, -0.1) is 0 Å². The van der Waals surface area contributed by atoms with Gasteiger partial charge in [0, 0.05) is 18.4 Å². The number of pyridine rings is 1. The zero-order valence-electron chi connectivity index (χ0n) is 16.2. The number of aromatic nitrogens is 2. The average molecular weight is 391 g/mol. The number of carbonyl (C=O) groups is 2. The third kappa shape index (κ3) is 4.74. The van der Waals surface area contributed by atoms with Crippen molar-refractivity contribution in [2.24, 2.45) is 0 Å². The van der Waals surface area contributed by atoms with Crippen LogP contribution < -0.4 is 16.0 Å². The third-order valence-electron chi connectivity index (χ3n) is 5.24. The molecular formula is C22H25N5O2. The van der Waals surface area contributed by atoms with Crippen molar-refractivity contribution >= 4 is 34.3 Å². The Morgan fingerprint density at radius 2 is 1.79 bits per heavy atom. The lowest BCUT2D eigenvalue weighted by atomic mass is 9.96. The van der Waals surface area contributed by atoms with Crippen molar-refractivity contribution in [1.82, 2.24) is 15.3 Å². The summed E-state index contributed by atoms with van der Waals surface area (Å²) in [6, 6.07) is 11.3. The number of nitrogens with zero attached hydrogens (tertiary/aromatic N) is 1. The van der Waals surface area contributed by atoms with Gasteiger partial charge in [0.05, 0.1) is 23.2 Å². The molecule has 29 heavy (non-hydrogen) atoms. The minimum atomic E-state index is -0.229. The van der Waals surface area contributed by atoms with Crippen LogP contribution >= 0.6 is 0 Å². The molecule has 1 aliphatic carbocycles. The number of aromatic amines is 1. The van der Waals surface area contributed by atoms with Crippen molar-refractivity contribution in [2.45, 2.75) is 44.6 Å². The number of hydrogen-bond acceptors (Lipinski definition) is 3. The van der Waals surface area contributed by atoms with Crippen LogP contribution in [0.5, 0.6) is 0 Å². The Hall–Kier alpha value is -3.35. The number of hydrogen-bond donors (Lipinski definition) is 4. The Bertz CT molecular complexity index is 993. The summed E-state index contributed by atoms with van der Waals surface area (Å²) in [5, 5.41) is 9.58. The van der Waals surface area contributed by atoms with Gasteiger partial charge in [-0.05, 0) is 24.5 Å². The number of anilines is 2. The van der Waals surface area contributed by atoms with E-state index < -0.39 is 0 Å². The fourth-order valence-electron chi connectivity index (χ4n) is 3.83. The molecule has 7 heteroatoms. The van der Waals surface area contributed by atoms with E-state index in [2.05, 4.69) is 25.9 Å². The number of nitrogens with one attached hydrogen (secondary N) is 4. The summed E-state index contributed by atoms with van der Waals surface area (Å²) in [6.07, 6.45) is 9.18. The second-order valence-corrected chi connectivity index (χ2v) is 7.43. The first-order valence-electron chi connectivity index (χ1n) is 10.1. The molecule has 1 aliphatic rings. The van der Waals surface area contributed by atoms with Crippen molar-refractivity contribution in [2.75, 3.05) is 10.6 Å². The van der Waals surface area contributed by atoms with Gasteiger partial charge in [-0.1, -0.05) is 49.6 Å². The van der Waals surface area contributed by atoms with Crippen LogP contribution in [0, 0.1) is 0 Å². The largest absolute Gasteiger partial charge is 0.344 e. The summed E-state index contributed by atoms with van der Waals surface area (Å²) in [5.41, 5.74) is 2.75. The lowest BCUT2D eigenvalue weighted by Crippen LogP contribution is -2.39. The van der Waals surface area contributed by atoms with Gasteiger partial charge in [-0.25, -0.2) is 9.78 Å². The van der Waals surface area contributed by atoms with Gasteiger partial charge in [-0.3, -0.25) is 4.79 Å². The molecule has 2 heterocycles. The van der Waals surface area contributed by atoms with Gasteiger partial charge in [0.15, 0.2) is 0 Å². The van der Waals surface area contributed by atoms with E-state index in [1.165, 1.54) is 6.42 Å². The molecule has 2 aromatic heterocycles. The van der Waals surface area contributed by atoms with Crippen LogP contribution in [-0.2, 0) is 11.2 Å². The molecule has 0 atom stereocenters. The first-order valence-corrected chi connectivity index (χ1v) is 10.1. The number of rotatable bonds is 5. The fourth-order valence-corrected chi connectivity index (χ4v) is 3.83.